The SMILES string of the molecule is CCOc1ccc(S(=O)(=O)Nc2ccc(C(=O)OC)cc2Br)c(C)c1. The van der Waals surface area contributed by atoms with Crippen LogP contribution in [0, 0.1) is 6.92 Å². The predicted molar refractivity (Wildman–Crippen MR) is 98.6 cm³/mol. The second-order valence-electron chi connectivity index (χ2n) is 5.15. The Bertz CT molecular complexity index is 896. The Morgan fingerprint density at radius 2 is 1.92 bits per heavy atom. The van der Waals surface area contributed by atoms with Crippen molar-refractivity contribution in [3.05, 3.63) is 52.0 Å². The third kappa shape index (κ3) is 4.52. The van der Waals surface area contributed by atoms with Crippen LogP contribution in [0.4, 0.5) is 5.69 Å². The van der Waals surface area contributed by atoms with Gasteiger partial charge in [-0.1, -0.05) is 0 Å². The number of rotatable bonds is 6. The highest BCUT2D eigenvalue weighted by atomic mass is 79.9. The number of ether oxygens (including phenoxy) is 2. The van der Waals surface area contributed by atoms with Crippen molar-refractivity contribution >= 4 is 37.6 Å². The third-order valence-electron chi connectivity index (χ3n) is 3.38. The van der Waals surface area contributed by atoms with Gasteiger partial charge < -0.3 is 9.47 Å². The Morgan fingerprint density at radius 3 is 2.48 bits per heavy atom. The zero-order valence-electron chi connectivity index (χ0n) is 14.0. The van der Waals surface area contributed by atoms with E-state index in [1.807, 2.05) is 6.92 Å². The first-order valence-electron chi connectivity index (χ1n) is 7.42. The van der Waals surface area contributed by atoms with E-state index in [4.69, 9.17) is 4.74 Å². The molecule has 6 nitrogen and oxygen atoms in total. The molecule has 2 aromatic carbocycles. The first kappa shape index (κ1) is 19.3. The molecule has 0 heterocycles. The topological polar surface area (TPSA) is 81.7 Å². The summed E-state index contributed by atoms with van der Waals surface area (Å²) >= 11 is 3.27. The van der Waals surface area contributed by atoms with Crippen molar-refractivity contribution in [2.45, 2.75) is 18.7 Å². The van der Waals surface area contributed by atoms with Crippen LogP contribution in [0.1, 0.15) is 22.8 Å². The average molecular weight is 428 g/mol. The maximum absolute atomic E-state index is 12.7. The van der Waals surface area contributed by atoms with Crippen molar-refractivity contribution in [2.75, 3.05) is 18.4 Å². The molecule has 0 aliphatic rings. The number of halogens is 1. The molecule has 0 atom stereocenters. The van der Waals surface area contributed by atoms with Crippen LogP contribution in [0.2, 0.25) is 0 Å². The van der Waals surface area contributed by atoms with E-state index in [1.165, 1.54) is 31.4 Å². The van der Waals surface area contributed by atoms with Crippen molar-refractivity contribution in [3.63, 3.8) is 0 Å². The van der Waals surface area contributed by atoms with Crippen LogP contribution in [-0.2, 0) is 14.8 Å². The quantitative estimate of drug-likeness (QED) is 0.709. The molecule has 0 aliphatic heterocycles. The van der Waals surface area contributed by atoms with Crippen molar-refractivity contribution in [3.8, 4) is 5.75 Å². The summed E-state index contributed by atoms with van der Waals surface area (Å²) < 4.78 is 38.3. The van der Waals surface area contributed by atoms with E-state index in [2.05, 4.69) is 25.4 Å². The highest BCUT2D eigenvalue weighted by molar-refractivity contribution is 9.10. The maximum atomic E-state index is 12.7. The van der Waals surface area contributed by atoms with Gasteiger partial charge in [-0.2, -0.15) is 0 Å². The molecule has 8 heteroatoms. The lowest BCUT2D eigenvalue weighted by Crippen LogP contribution is -2.15. The zero-order valence-corrected chi connectivity index (χ0v) is 16.4. The summed E-state index contributed by atoms with van der Waals surface area (Å²) in [6.07, 6.45) is 0. The van der Waals surface area contributed by atoms with Crippen LogP contribution < -0.4 is 9.46 Å². The Hall–Kier alpha value is -2.06. The van der Waals surface area contributed by atoms with Crippen LogP contribution in [0.15, 0.2) is 45.8 Å². The molecule has 1 N–H and O–H groups in total. The lowest BCUT2D eigenvalue weighted by molar-refractivity contribution is 0.0600. The molecule has 134 valence electrons. The van der Waals surface area contributed by atoms with Gasteiger partial charge in [0.25, 0.3) is 10.0 Å². The number of nitrogens with one attached hydrogen (secondary N) is 1. The molecule has 0 aliphatic carbocycles. The minimum atomic E-state index is -3.79. The molecule has 0 aromatic heterocycles. The Kier molecular flexibility index (Phi) is 6.07. The molecule has 0 unspecified atom stereocenters. The predicted octanol–water partition coefficient (Wildman–Crippen LogP) is 3.74. The molecule has 0 bridgehead atoms. The minimum absolute atomic E-state index is 0.153. The third-order valence-corrected chi connectivity index (χ3v) is 5.56. The van der Waals surface area contributed by atoms with Crippen LogP contribution in [0.5, 0.6) is 5.75 Å². The van der Waals surface area contributed by atoms with Crippen LogP contribution in [-0.4, -0.2) is 28.1 Å². The van der Waals surface area contributed by atoms with E-state index in [0.29, 0.717) is 33.6 Å². The first-order valence-corrected chi connectivity index (χ1v) is 9.70. The molecule has 0 amide bonds. The minimum Gasteiger partial charge on any atom is -0.494 e. The van der Waals surface area contributed by atoms with Gasteiger partial charge in [0.15, 0.2) is 0 Å². The van der Waals surface area contributed by atoms with Gasteiger partial charge in [-0.05, 0) is 71.7 Å². The molecule has 25 heavy (non-hydrogen) atoms. The normalized spacial score (nSPS) is 11.0. The summed E-state index contributed by atoms with van der Waals surface area (Å²) in [5.74, 6) is 0.111. The van der Waals surface area contributed by atoms with E-state index in [9.17, 15) is 13.2 Å². The number of carbonyl (C=O) groups is 1. The number of hydrogen-bond acceptors (Lipinski definition) is 5. The van der Waals surface area contributed by atoms with E-state index < -0.39 is 16.0 Å². The van der Waals surface area contributed by atoms with Gasteiger partial charge in [0, 0.05) is 4.47 Å². The van der Waals surface area contributed by atoms with Gasteiger partial charge in [0.05, 0.1) is 29.9 Å². The second kappa shape index (κ2) is 7.88. The Morgan fingerprint density at radius 1 is 1.20 bits per heavy atom. The smallest absolute Gasteiger partial charge is 0.337 e. The van der Waals surface area contributed by atoms with Crippen LogP contribution >= 0.6 is 15.9 Å². The molecule has 0 spiro atoms. The van der Waals surface area contributed by atoms with E-state index >= 15 is 0 Å². The zero-order chi connectivity index (χ0) is 18.6. The van der Waals surface area contributed by atoms with Gasteiger partial charge in [0.2, 0.25) is 0 Å². The van der Waals surface area contributed by atoms with Crippen molar-refractivity contribution in [1.82, 2.24) is 0 Å². The van der Waals surface area contributed by atoms with Crippen LogP contribution in [0.3, 0.4) is 0 Å². The Labute approximate surface area is 155 Å². The highest BCUT2D eigenvalue weighted by Gasteiger charge is 2.19. The standard InChI is InChI=1S/C17H18BrNO5S/c1-4-24-13-6-8-16(11(2)9-13)25(21,22)19-15-7-5-12(10-14(15)18)17(20)23-3/h5-10,19H,4H2,1-3H3. The number of methoxy groups -OCH3 is 1. The van der Waals surface area contributed by atoms with Gasteiger partial charge >= 0.3 is 5.97 Å². The monoisotopic (exact) mass is 427 g/mol. The molecule has 0 saturated heterocycles. The molecular weight excluding hydrogens is 410 g/mol. The molecule has 0 saturated carbocycles. The Balaban J connectivity index is 2.31. The molecular formula is C17H18BrNO5S. The number of anilines is 1. The largest absolute Gasteiger partial charge is 0.494 e. The van der Waals surface area contributed by atoms with E-state index in [0.717, 1.165) is 0 Å². The van der Waals surface area contributed by atoms with E-state index in [-0.39, 0.29) is 4.90 Å². The summed E-state index contributed by atoms with van der Waals surface area (Å²) in [7, 11) is -2.51. The number of hydrogen-bond donors (Lipinski definition) is 1. The number of esters is 1. The lowest BCUT2D eigenvalue weighted by Gasteiger charge is -2.13. The summed E-state index contributed by atoms with van der Waals surface area (Å²) in [5.41, 5.74) is 1.20. The fourth-order valence-electron chi connectivity index (χ4n) is 2.22. The summed E-state index contributed by atoms with van der Waals surface area (Å²) in [4.78, 5) is 11.7. The van der Waals surface area contributed by atoms with Gasteiger partial charge in [-0.15, -0.1) is 0 Å². The van der Waals surface area contributed by atoms with Crippen LogP contribution in [0.25, 0.3) is 0 Å². The molecule has 0 fully saturated rings. The average Bonchev–Trinajstić information content (AvgIpc) is 2.56. The number of sulfonamides is 1. The molecule has 0 radical (unpaired) electrons. The fourth-order valence-corrected chi connectivity index (χ4v) is 4.14. The summed E-state index contributed by atoms with van der Waals surface area (Å²) in [6, 6.07) is 9.26. The number of carbonyl (C=O) groups excluding carboxylic acids is 1. The van der Waals surface area contributed by atoms with Gasteiger partial charge in [-0.25, -0.2) is 13.2 Å². The van der Waals surface area contributed by atoms with E-state index in [1.54, 1.807) is 19.1 Å². The van der Waals surface area contributed by atoms with Gasteiger partial charge in [-0.3, -0.25) is 4.72 Å². The number of benzene rings is 2. The maximum Gasteiger partial charge on any atom is 0.337 e. The van der Waals surface area contributed by atoms with Gasteiger partial charge in [0.1, 0.15) is 5.75 Å². The molecule has 2 aromatic rings. The van der Waals surface area contributed by atoms with Crippen molar-refractivity contribution in [1.29, 1.82) is 0 Å². The van der Waals surface area contributed by atoms with Crippen molar-refractivity contribution in [2.24, 2.45) is 0 Å². The fraction of sp³-hybridized carbons (Fsp3) is 0.235. The number of aryl methyl sites for hydroxylation is 1. The lowest BCUT2D eigenvalue weighted by atomic mass is 10.2. The second-order valence-corrected chi connectivity index (χ2v) is 7.66. The first-order chi connectivity index (χ1) is 11.8. The highest BCUT2D eigenvalue weighted by Crippen LogP contribution is 2.28. The molecule has 2 rings (SSSR count). The summed E-state index contributed by atoms with van der Waals surface area (Å²) in [6.45, 7) is 4.06. The van der Waals surface area contributed by atoms with Crippen molar-refractivity contribution < 1.29 is 22.7 Å². The summed E-state index contributed by atoms with van der Waals surface area (Å²) in [5, 5.41) is 0.